The molecule has 3 heteroatoms. The molecule has 0 bridgehead atoms. The second-order valence-corrected chi connectivity index (χ2v) is 2.72. The molecule has 0 aliphatic heterocycles. The van der Waals surface area contributed by atoms with Crippen LogP contribution < -0.4 is 5.32 Å². The van der Waals surface area contributed by atoms with Gasteiger partial charge in [-0.25, -0.2) is 0 Å². The Bertz CT molecular complexity index is 128. The molecule has 0 rings (SSSR count). The molecule has 0 heterocycles. The lowest BCUT2D eigenvalue weighted by atomic mass is 10.0. The summed E-state index contributed by atoms with van der Waals surface area (Å²) in [5, 5.41) is 11.2. The van der Waals surface area contributed by atoms with Gasteiger partial charge in [-0.1, -0.05) is 13.8 Å². The van der Waals surface area contributed by atoms with Crippen LogP contribution >= 0.6 is 0 Å². The first-order valence-corrected chi connectivity index (χ1v) is 3.33. The van der Waals surface area contributed by atoms with Crippen molar-refractivity contribution in [1.29, 1.82) is 0 Å². The van der Waals surface area contributed by atoms with E-state index in [1.54, 1.807) is 0 Å². The number of rotatable bonds is 4. The second-order valence-electron chi connectivity index (χ2n) is 2.72. The average Bonchev–Trinajstić information content (AvgIpc) is 1.86. The zero-order chi connectivity index (χ0) is 8.85. The van der Waals surface area contributed by atoms with Gasteiger partial charge in [0.1, 0.15) is 6.04 Å². The van der Waals surface area contributed by atoms with Crippen LogP contribution in [0.1, 0.15) is 21.6 Å². The predicted molar refractivity (Wildman–Crippen MR) is 39.9 cm³/mol. The van der Waals surface area contributed by atoms with Crippen molar-refractivity contribution < 1.29 is 11.3 Å². The Morgan fingerprint density at radius 3 is 2.70 bits per heavy atom. The molecule has 60 valence electrons. The van der Waals surface area contributed by atoms with Gasteiger partial charge in [0.15, 0.2) is 0 Å². The number of carbonyl (C=O) groups is 1. The summed E-state index contributed by atoms with van der Waals surface area (Å²) in [7, 11) is -0.0380. The minimum absolute atomic E-state index is 0.0380. The number of likely N-dealkylation sites (N-methyl/N-ethyl adjacent to an activating group) is 1. The molecule has 0 aliphatic carbocycles. The Kier molecular flexibility index (Phi) is 3.22. The highest BCUT2D eigenvalue weighted by Gasteiger charge is 2.15. The van der Waals surface area contributed by atoms with E-state index >= 15 is 0 Å². The van der Waals surface area contributed by atoms with E-state index in [2.05, 4.69) is 5.32 Å². The number of hydrogen-bond acceptors (Lipinski definition) is 2. The molecule has 0 aliphatic rings. The summed E-state index contributed by atoms with van der Waals surface area (Å²) in [5.74, 6) is -0.527. The lowest BCUT2D eigenvalue weighted by molar-refractivity contribution is -0.139. The van der Waals surface area contributed by atoms with Crippen molar-refractivity contribution in [2.75, 3.05) is 7.02 Å². The summed E-state index contributed by atoms with van der Waals surface area (Å²) in [5.41, 5.74) is 0. The predicted octanol–water partition coefficient (Wildman–Crippen LogP) is 0.705. The number of nitrogens with one attached hydrogen (secondary N) is 1. The van der Waals surface area contributed by atoms with E-state index in [9.17, 15) is 4.79 Å². The van der Waals surface area contributed by atoms with Crippen LogP contribution in [0.3, 0.4) is 0 Å². The molecule has 0 fully saturated rings. The van der Waals surface area contributed by atoms with Crippen LogP contribution in [0, 0.1) is 5.92 Å². The van der Waals surface area contributed by atoms with Crippen LogP contribution in [0.4, 0.5) is 0 Å². The Balaban J connectivity index is 3.79. The minimum atomic E-state index is -0.869. The molecule has 0 spiro atoms. The van der Waals surface area contributed by atoms with Gasteiger partial charge in [0.2, 0.25) is 0 Å². The highest BCUT2D eigenvalue weighted by Crippen LogP contribution is 2.03. The fourth-order valence-electron chi connectivity index (χ4n) is 0.743. The standard InChI is InChI=1S/C7H15NO2/c1-5(2)4-6(8-3)7(9)10/h5-6,8H,4H2,1-3H3,(H,9,10)/t6-/m0/s1/i3D. The van der Waals surface area contributed by atoms with Gasteiger partial charge in [0.25, 0.3) is 0 Å². The molecule has 0 aromatic heterocycles. The maximum absolute atomic E-state index is 10.5. The zero-order valence-electron chi connectivity index (χ0n) is 7.42. The lowest BCUT2D eigenvalue weighted by Gasteiger charge is -2.12. The highest BCUT2D eigenvalue weighted by molar-refractivity contribution is 5.73. The van der Waals surface area contributed by atoms with E-state index in [-0.39, 0.29) is 7.02 Å². The summed E-state index contributed by atoms with van der Waals surface area (Å²) >= 11 is 0. The lowest BCUT2D eigenvalue weighted by Crippen LogP contribution is -2.34. The molecule has 0 aromatic rings. The van der Waals surface area contributed by atoms with Crippen molar-refractivity contribution in [2.24, 2.45) is 5.92 Å². The van der Waals surface area contributed by atoms with Gasteiger partial charge in [0.05, 0.1) is 0 Å². The van der Waals surface area contributed by atoms with Gasteiger partial charge in [0, 0.05) is 1.37 Å². The number of carboxylic acids is 1. The van der Waals surface area contributed by atoms with Crippen LogP contribution in [0.5, 0.6) is 0 Å². The number of hydrogen-bond donors (Lipinski definition) is 2. The largest absolute Gasteiger partial charge is 0.480 e. The van der Waals surface area contributed by atoms with E-state index in [1.807, 2.05) is 13.8 Å². The molecule has 0 saturated heterocycles. The van der Waals surface area contributed by atoms with Crippen molar-refractivity contribution in [2.45, 2.75) is 26.3 Å². The topological polar surface area (TPSA) is 49.3 Å². The van der Waals surface area contributed by atoms with E-state index in [1.165, 1.54) is 0 Å². The minimum Gasteiger partial charge on any atom is -0.480 e. The molecule has 0 saturated carbocycles. The molecular weight excluding hydrogens is 130 g/mol. The van der Waals surface area contributed by atoms with Crippen LogP contribution in [-0.4, -0.2) is 24.1 Å². The van der Waals surface area contributed by atoms with Crippen molar-refractivity contribution in [3.8, 4) is 0 Å². The van der Waals surface area contributed by atoms with E-state index in [0.717, 1.165) is 0 Å². The molecular formula is C7H15NO2. The Morgan fingerprint density at radius 2 is 2.40 bits per heavy atom. The fraction of sp³-hybridized carbons (Fsp3) is 0.857. The summed E-state index contributed by atoms with van der Waals surface area (Å²) in [6.07, 6.45) is 0.578. The number of aliphatic carboxylic acids is 1. The smallest absolute Gasteiger partial charge is 0.320 e. The van der Waals surface area contributed by atoms with E-state index in [0.29, 0.717) is 12.3 Å². The van der Waals surface area contributed by atoms with Crippen LogP contribution in [-0.2, 0) is 4.79 Å². The first-order chi connectivity index (χ1) is 5.07. The maximum atomic E-state index is 10.5. The van der Waals surface area contributed by atoms with Gasteiger partial charge >= 0.3 is 5.97 Å². The van der Waals surface area contributed by atoms with Crippen LogP contribution in [0.25, 0.3) is 0 Å². The average molecular weight is 146 g/mol. The molecule has 3 nitrogen and oxygen atoms in total. The molecule has 0 radical (unpaired) electrons. The molecule has 2 N–H and O–H groups in total. The van der Waals surface area contributed by atoms with Gasteiger partial charge in [-0.15, -0.1) is 0 Å². The molecule has 10 heavy (non-hydrogen) atoms. The Morgan fingerprint density at radius 1 is 1.80 bits per heavy atom. The van der Waals surface area contributed by atoms with Crippen molar-refractivity contribution >= 4 is 5.97 Å². The van der Waals surface area contributed by atoms with E-state index in [4.69, 9.17) is 6.48 Å². The Labute approximate surface area is 62.8 Å². The van der Waals surface area contributed by atoms with Crippen molar-refractivity contribution in [3.63, 3.8) is 0 Å². The molecule has 1 atom stereocenters. The second kappa shape index (κ2) is 4.28. The van der Waals surface area contributed by atoms with E-state index < -0.39 is 12.0 Å². The fourth-order valence-corrected chi connectivity index (χ4v) is 0.743. The van der Waals surface area contributed by atoms with Crippen molar-refractivity contribution in [1.82, 2.24) is 5.32 Å². The molecule has 0 amide bonds. The third-order valence-electron chi connectivity index (χ3n) is 1.25. The SMILES string of the molecule is [2H]CN[C@@H](CC(C)C)C(=O)O. The Hall–Kier alpha value is -0.570. The van der Waals surface area contributed by atoms with Crippen molar-refractivity contribution in [3.05, 3.63) is 0 Å². The van der Waals surface area contributed by atoms with Gasteiger partial charge in [-0.05, 0) is 19.4 Å². The first kappa shape index (κ1) is 7.54. The summed E-state index contributed by atoms with van der Waals surface area (Å²) in [4.78, 5) is 10.5. The third-order valence-corrected chi connectivity index (χ3v) is 1.25. The molecule has 0 unspecified atom stereocenters. The number of carboxylic acid groups (broad SMARTS) is 1. The van der Waals surface area contributed by atoms with Gasteiger partial charge < -0.3 is 10.4 Å². The maximum Gasteiger partial charge on any atom is 0.320 e. The summed E-state index contributed by atoms with van der Waals surface area (Å²) < 4.78 is 6.80. The van der Waals surface area contributed by atoms with Crippen LogP contribution in [0.15, 0.2) is 0 Å². The highest BCUT2D eigenvalue weighted by atomic mass is 16.4. The van der Waals surface area contributed by atoms with Gasteiger partial charge in [-0.3, -0.25) is 4.79 Å². The quantitative estimate of drug-likeness (QED) is 0.614. The third kappa shape index (κ3) is 3.45. The molecule has 0 aromatic carbocycles. The summed E-state index contributed by atoms with van der Waals surface area (Å²) in [6.45, 7) is 3.92. The normalized spacial score (nSPS) is 14.9. The summed E-state index contributed by atoms with van der Waals surface area (Å²) in [6, 6.07) is -0.563. The van der Waals surface area contributed by atoms with Crippen LogP contribution in [0.2, 0.25) is 0 Å². The zero-order valence-corrected chi connectivity index (χ0v) is 6.42. The van der Waals surface area contributed by atoms with Gasteiger partial charge in [-0.2, -0.15) is 0 Å². The first-order valence-electron chi connectivity index (χ1n) is 4.04. The monoisotopic (exact) mass is 146 g/mol.